The highest BCUT2D eigenvalue weighted by atomic mass is 16.5. The van der Waals surface area contributed by atoms with Gasteiger partial charge in [-0.3, -0.25) is 0 Å². The fourth-order valence-electron chi connectivity index (χ4n) is 1.44. The van der Waals surface area contributed by atoms with Gasteiger partial charge in [0.25, 0.3) is 0 Å². The lowest BCUT2D eigenvalue weighted by Crippen LogP contribution is -1.85. The van der Waals surface area contributed by atoms with E-state index in [0.717, 1.165) is 12.0 Å². The molecule has 0 bridgehead atoms. The summed E-state index contributed by atoms with van der Waals surface area (Å²) in [6, 6.07) is 0. The van der Waals surface area contributed by atoms with Gasteiger partial charge in [-0.2, -0.15) is 4.98 Å². The number of allylic oxidation sites excluding steroid dienone is 7. The van der Waals surface area contributed by atoms with E-state index in [-0.39, 0.29) is 0 Å². The third-order valence-corrected chi connectivity index (χ3v) is 2.62. The molecule has 0 saturated carbocycles. The Morgan fingerprint density at radius 3 is 2.71 bits per heavy atom. The zero-order chi connectivity index (χ0) is 12.7. The summed E-state index contributed by atoms with van der Waals surface area (Å²) in [5.41, 5.74) is 3.42. The number of rotatable bonds is 5. The molecular weight excluding hydrogens is 212 g/mol. The average molecular weight is 230 g/mol. The summed E-state index contributed by atoms with van der Waals surface area (Å²) in [7, 11) is 0. The molecule has 1 rings (SSSR count). The van der Waals surface area contributed by atoms with Crippen molar-refractivity contribution in [1.29, 1.82) is 0 Å². The van der Waals surface area contributed by atoms with Crippen LogP contribution in [0.3, 0.4) is 0 Å². The van der Waals surface area contributed by atoms with Crippen LogP contribution in [0.25, 0.3) is 5.57 Å². The van der Waals surface area contributed by atoms with Crippen LogP contribution in [0.2, 0.25) is 0 Å². The maximum atomic E-state index is 4.72. The molecule has 0 aromatic carbocycles. The van der Waals surface area contributed by atoms with E-state index >= 15 is 0 Å². The zero-order valence-corrected chi connectivity index (χ0v) is 10.6. The predicted molar refractivity (Wildman–Crippen MR) is 70.3 cm³/mol. The van der Waals surface area contributed by atoms with E-state index in [2.05, 4.69) is 42.7 Å². The topological polar surface area (TPSA) is 38.9 Å². The largest absolute Gasteiger partial charge is 0.342 e. The first-order valence-electron chi connectivity index (χ1n) is 5.66. The van der Waals surface area contributed by atoms with Gasteiger partial charge in [0.05, 0.1) is 0 Å². The monoisotopic (exact) mass is 230 g/mol. The van der Waals surface area contributed by atoms with Crippen LogP contribution >= 0.6 is 0 Å². The Kier molecular flexibility index (Phi) is 5.14. The summed E-state index contributed by atoms with van der Waals surface area (Å²) in [6.45, 7) is 10.0. The lowest BCUT2D eigenvalue weighted by Gasteiger charge is -2.02. The molecule has 90 valence electrons. The predicted octanol–water partition coefficient (Wildman–Crippen LogP) is 3.94. The van der Waals surface area contributed by atoms with Gasteiger partial charge in [0, 0.05) is 5.57 Å². The SMILES string of the molecule is C=C\C(=C/C=C(CC)/C(C)=C/C)c1ncon1. The molecule has 1 aromatic heterocycles. The molecule has 0 atom stereocenters. The van der Waals surface area contributed by atoms with Crippen LogP contribution in [0.1, 0.15) is 33.0 Å². The fraction of sp³-hybridized carbons (Fsp3) is 0.286. The molecule has 0 saturated heterocycles. The molecule has 3 nitrogen and oxygen atoms in total. The Morgan fingerprint density at radius 2 is 2.24 bits per heavy atom. The van der Waals surface area contributed by atoms with Crippen molar-refractivity contribution in [1.82, 2.24) is 10.1 Å². The molecule has 0 aliphatic carbocycles. The van der Waals surface area contributed by atoms with Gasteiger partial charge in [0.1, 0.15) is 0 Å². The molecule has 0 unspecified atom stereocenters. The first-order valence-corrected chi connectivity index (χ1v) is 5.66. The number of hydrogen-bond donors (Lipinski definition) is 0. The van der Waals surface area contributed by atoms with Gasteiger partial charge in [-0.15, -0.1) is 0 Å². The van der Waals surface area contributed by atoms with E-state index in [1.165, 1.54) is 17.5 Å². The molecule has 1 aromatic rings. The van der Waals surface area contributed by atoms with Crippen LogP contribution in [-0.4, -0.2) is 10.1 Å². The van der Waals surface area contributed by atoms with Crippen molar-refractivity contribution in [3.8, 4) is 0 Å². The van der Waals surface area contributed by atoms with Gasteiger partial charge < -0.3 is 4.52 Å². The second-order valence-corrected chi connectivity index (χ2v) is 3.60. The lowest BCUT2D eigenvalue weighted by atomic mass is 10.0. The van der Waals surface area contributed by atoms with Crippen LogP contribution in [0, 0.1) is 0 Å². The van der Waals surface area contributed by atoms with E-state index in [1.54, 1.807) is 6.08 Å². The Bertz CT molecular complexity index is 451. The Balaban J connectivity index is 3.01. The van der Waals surface area contributed by atoms with Crippen molar-refractivity contribution in [2.24, 2.45) is 0 Å². The Hall–Kier alpha value is -1.90. The Labute approximate surface area is 102 Å². The minimum absolute atomic E-state index is 0.560. The van der Waals surface area contributed by atoms with Crippen LogP contribution in [0.15, 0.2) is 52.9 Å². The molecule has 0 spiro atoms. The summed E-state index contributed by atoms with van der Waals surface area (Å²) in [4.78, 5) is 4.00. The van der Waals surface area contributed by atoms with Gasteiger partial charge in [-0.25, -0.2) is 0 Å². The molecule has 3 heteroatoms. The quantitative estimate of drug-likeness (QED) is 0.719. The van der Waals surface area contributed by atoms with Crippen LogP contribution in [0.4, 0.5) is 0 Å². The average Bonchev–Trinajstić information content (AvgIpc) is 2.87. The lowest BCUT2D eigenvalue weighted by molar-refractivity contribution is 0.415. The van der Waals surface area contributed by atoms with E-state index in [1.807, 2.05) is 13.0 Å². The fourth-order valence-corrected chi connectivity index (χ4v) is 1.44. The molecule has 0 N–H and O–H groups in total. The molecule has 0 radical (unpaired) electrons. The first kappa shape index (κ1) is 13.2. The minimum Gasteiger partial charge on any atom is -0.342 e. The van der Waals surface area contributed by atoms with Crippen molar-refractivity contribution in [3.63, 3.8) is 0 Å². The summed E-state index contributed by atoms with van der Waals surface area (Å²) < 4.78 is 4.72. The minimum atomic E-state index is 0.560. The van der Waals surface area contributed by atoms with Gasteiger partial charge in [0.15, 0.2) is 0 Å². The number of aromatic nitrogens is 2. The second kappa shape index (κ2) is 6.63. The summed E-state index contributed by atoms with van der Waals surface area (Å²) in [5, 5.41) is 3.79. The van der Waals surface area contributed by atoms with Gasteiger partial charge >= 0.3 is 0 Å². The standard InChI is InChI=1S/C14H18N2O/c1-5-11(4)12(6-2)8-9-13(7-3)14-15-10-17-16-14/h5,7-10H,3,6H2,1-2,4H3/b11-5+,12-8+,13-9+. The van der Waals surface area contributed by atoms with Crippen molar-refractivity contribution in [3.05, 3.63) is 54.2 Å². The highest BCUT2D eigenvalue weighted by Gasteiger charge is 2.02. The van der Waals surface area contributed by atoms with Crippen LogP contribution in [-0.2, 0) is 0 Å². The van der Waals surface area contributed by atoms with Gasteiger partial charge in [-0.1, -0.05) is 48.5 Å². The van der Waals surface area contributed by atoms with E-state index in [4.69, 9.17) is 4.52 Å². The third kappa shape index (κ3) is 3.55. The zero-order valence-electron chi connectivity index (χ0n) is 10.6. The smallest absolute Gasteiger partial charge is 0.214 e. The maximum absolute atomic E-state index is 4.72. The highest BCUT2D eigenvalue weighted by Crippen LogP contribution is 2.16. The number of nitrogens with zero attached hydrogens (tertiary/aromatic N) is 2. The molecule has 0 amide bonds. The molecular formula is C14H18N2O. The van der Waals surface area contributed by atoms with Crippen LogP contribution < -0.4 is 0 Å². The molecule has 0 aliphatic heterocycles. The molecule has 17 heavy (non-hydrogen) atoms. The molecule has 1 heterocycles. The normalized spacial score (nSPS) is 13.9. The maximum Gasteiger partial charge on any atom is 0.214 e. The van der Waals surface area contributed by atoms with Crippen molar-refractivity contribution in [2.75, 3.05) is 0 Å². The molecule has 0 fully saturated rings. The number of hydrogen-bond acceptors (Lipinski definition) is 3. The molecule has 0 aliphatic rings. The summed E-state index contributed by atoms with van der Waals surface area (Å²) in [5.74, 6) is 0.560. The van der Waals surface area contributed by atoms with Crippen molar-refractivity contribution in [2.45, 2.75) is 27.2 Å². The van der Waals surface area contributed by atoms with Gasteiger partial charge in [0.2, 0.25) is 12.2 Å². The van der Waals surface area contributed by atoms with E-state index in [0.29, 0.717) is 5.82 Å². The second-order valence-electron chi connectivity index (χ2n) is 3.60. The third-order valence-electron chi connectivity index (χ3n) is 2.62. The highest BCUT2D eigenvalue weighted by molar-refractivity contribution is 5.70. The van der Waals surface area contributed by atoms with Crippen LogP contribution in [0.5, 0.6) is 0 Å². The van der Waals surface area contributed by atoms with Crippen molar-refractivity contribution >= 4 is 5.57 Å². The van der Waals surface area contributed by atoms with E-state index in [9.17, 15) is 0 Å². The van der Waals surface area contributed by atoms with Gasteiger partial charge in [-0.05, 0) is 25.8 Å². The summed E-state index contributed by atoms with van der Waals surface area (Å²) >= 11 is 0. The Morgan fingerprint density at radius 1 is 1.47 bits per heavy atom. The summed E-state index contributed by atoms with van der Waals surface area (Å²) in [6.07, 6.45) is 10.2. The van der Waals surface area contributed by atoms with Crippen molar-refractivity contribution < 1.29 is 4.52 Å². The van der Waals surface area contributed by atoms with E-state index < -0.39 is 0 Å². The first-order chi connectivity index (χ1) is 8.22.